The molecule has 0 bridgehead atoms. The molecule has 0 fully saturated rings. The maximum Gasteiger partial charge on any atom is 0.0462 e. The molecule has 18 aromatic carbocycles. The minimum absolute atomic E-state index is 1.13. The van der Waals surface area contributed by atoms with E-state index in [0.717, 1.165) is 34.1 Å². The average molecular weight is 1340 g/mol. The zero-order valence-electron chi connectivity index (χ0n) is 56.5. The van der Waals surface area contributed by atoms with Gasteiger partial charge in [-0.3, -0.25) is 0 Å². The highest BCUT2D eigenvalue weighted by atomic mass is 32.1. The highest BCUT2D eigenvalue weighted by Crippen LogP contribution is 2.54. The Balaban J connectivity index is 0.000000148. The Morgan fingerprint density at radius 3 is 0.676 bits per heavy atom. The SMILES string of the molecule is CC.c1ccc(-c2cccc(-c3ccc4c5ccccc5c5ccc(-c6cccc(-c7ccccc7)c6)c6sc3c4c65)c2)cc1.c1ccc(N(c2ccccc2)c2ccc(-c3ccc4c5ccccc5c5ccc(-c6ccc(N(c7ccccc7)c7ccccc7)cc6)c6sc3c4c65)cc2)cc1. The van der Waals surface area contributed by atoms with Crippen LogP contribution in [0.25, 0.3) is 150 Å². The lowest BCUT2D eigenvalue weighted by Gasteiger charge is -2.25. The van der Waals surface area contributed by atoms with Crippen molar-refractivity contribution < 1.29 is 0 Å². The number of hydrogen-bond donors (Lipinski definition) is 0. The van der Waals surface area contributed by atoms with Gasteiger partial charge in [-0.1, -0.05) is 305 Å². The molecule has 0 saturated carbocycles. The maximum atomic E-state index is 2.35. The van der Waals surface area contributed by atoms with Gasteiger partial charge in [-0.05, 0) is 195 Å². The van der Waals surface area contributed by atoms with Crippen LogP contribution in [0.15, 0.2) is 376 Å². The fourth-order valence-corrected chi connectivity index (χ4v) is 18.3. The lowest BCUT2D eigenvalue weighted by atomic mass is 9.89. The summed E-state index contributed by atoms with van der Waals surface area (Å²) in [5.41, 5.74) is 21.8. The highest BCUT2D eigenvalue weighted by molar-refractivity contribution is 7.27. The van der Waals surface area contributed by atoms with E-state index in [2.05, 4.69) is 386 Å². The van der Waals surface area contributed by atoms with Crippen LogP contribution in [0.3, 0.4) is 0 Å². The van der Waals surface area contributed by atoms with Crippen molar-refractivity contribution in [1.82, 2.24) is 0 Å². The third-order valence-corrected chi connectivity index (χ3v) is 22.6. The average Bonchev–Trinajstić information content (AvgIpc) is 1.53. The number of hydrogen-bond acceptors (Lipinski definition) is 4. The van der Waals surface area contributed by atoms with E-state index >= 15 is 0 Å². The molecule has 20 rings (SSSR count). The van der Waals surface area contributed by atoms with E-state index < -0.39 is 0 Å². The molecule has 0 aliphatic carbocycles. The summed E-state index contributed by atoms with van der Waals surface area (Å²) < 4.78 is 5.38. The maximum absolute atomic E-state index is 2.35. The second kappa shape index (κ2) is 26.7. The molecule has 2 nitrogen and oxygen atoms in total. The lowest BCUT2D eigenvalue weighted by Crippen LogP contribution is -2.09. The van der Waals surface area contributed by atoms with Gasteiger partial charge in [0.1, 0.15) is 0 Å². The molecule has 0 unspecified atom stereocenters. The molecule has 4 heteroatoms. The number of fused-ring (bicyclic) bond motifs is 6. The summed E-state index contributed by atoms with van der Waals surface area (Å²) in [7, 11) is 0. The number of nitrogens with zero attached hydrogens (tertiary/aromatic N) is 2. The molecular formula is C98H68N2S2. The number of anilines is 6. The van der Waals surface area contributed by atoms with Gasteiger partial charge in [0.05, 0.1) is 0 Å². The number of benzene rings is 18. The summed E-state index contributed by atoms with van der Waals surface area (Å²) in [6, 6.07) is 137. The molecule has 0 aliphatic rings. The van der Waals surface area contributed by atoms with Crippen molar-refractivity contribution in [2.45, 2.75) is 13.8 Å². The van der Waals surface area contributed by atoms with Crippen molar-refractivity contribution in [3.05, 3.63) is 376 Å². The standard InChI is InChI=1S/C54H36N2S.C42H26S.C2H6/c1-5-15-39(16-6-1)55(40-17-7-2-8-18-40)43-29-25-37(26-30-43)45-33-35-49-47-23-13-14-24-48(47)50-36-34-46(54-52(50)51(49)53(45)57-54)38-27-31-44(32-28-38)56(41-19-9-3-10-20-41)42-21-11-4-12-22-42;1-3-11-27(12-4-1)29-15-9-17-31(25-29)33-21-23-37-35-19-7-8-20-36(35)38-24-22-34(42-40(38)39(37)41(33)43-42)32-18-10-16-30(26-32)28-13-5-2-6-14-28;1-2/h1-36H;1-26H;1-2H3. The molecule has 0 saturated heterocycles. The second-order valence-corrected chi connectivity index (χ2v) is 27.8. The van der Waals surface area contributed by atoms with Crippen molar-refractivity contribution in [3.63, 3.8) is 0 Å². The van der Waals surface area contributed by atoms with Crippen molar-refractivity contribution >= 4 is 140 Å². The van der Waals surface area contributed by atoms with Gasteiger partial charge in [-0.25, -0.2) is 0 Å². The summed E-state index contributed by atoms with van der Waals surface area (Å²) in [5.74, 6) is 0. The molecular weight excluding hydrogens is 1270 g/mol. The van der Waals surface area contributed by atoms with Gasteiger partial charge in [0.25, 0.3) is 0 Å². The van der Waals surface area contributed by atoms with Gasteiger partial charge in [0.2, 0.25) is 0 Å². The van der Waals surface area contributed by atoms with Crippen LogP contribution in [0.1, 0.15) is 13.8 Å². The van der Waals surface area contributed by atoms with Crippen LogP contribution in [0.2, 0.25) is 0 Å². The van der Waals surface area contributed by atoms with Crippen molar-refractivity contribution in [1.29, 1.82) is 0 Å². The van der Waals surface area contributed by atoms with E-state index in [9.17, 15) is 0 Å². The minimum Gasteiger partial charge on any atom is -0.311 e. The van der Waals surface area contributed by atoms with Gasteiger partial charge in [0, 0.05) is 74.5 Å². The fourth-order valence-electron chi connectivity index (χ4n) is 15.4. The Kier molecular flexibility index (Phi) is 16.2. The summed E-state index contributed by atoms with van der Waals surface area (Å²) in [5, 5.41) is 16.0. The molecule has 0 N–H and O–H groups in total. The molecule has 0 aliphatic heterocycles. The van der Waals surface area contributed by atoms with Gasteiger partial charge in [-0.2, -0.15) is 0 Å². The van der Waals surface area contributed by atoms with E-state index in [1.54, 1.807) is 0 Å². The lowest BCUT2D eigenvalue weighted by molar-refractivity contribution is 1.28. The van der Waals surface area contributed by atoms with Crippen LogP contribution >= 0.6 is 22.7 Å². The third-order valence-electron chi connectivity index (χ3n) is 20.0. The monoisotopic (exact) mass is 1340 g/mol. The van der Waals surface area contributed by atoms with E-state index in [1.807, 2.05) is 36.5 Å². The molecule has 102 heavy (non-hydrogen) atoms. The molecule has 20 aromatic rings. The first-order chi connectivity index (χ1) is 50.6. The molecule has 2 aromatic heterocycles. The highest BCUT2D eigenvalue weighted by Gasteiger charge is 2.25. The summed E-state index contributed by atoms with van der Waals surface area (Å²) >= 11 is 3.88. The summed E-state index contributed by atoms with van der Waals surface area (Å²) in [6.45, 7) is 4.00. The largest absolute Gasteiger partial charge is 0.311 e. The Hall–Kier alpha value is -12.4. The van der Waals surface area contributed by atoms with Crippen LogP contribution < -0.4 is 9.80 Å². The molecule has 482 valence electrons. The normalized spacial score (nSPS) is 11.4. The fraction of sp³-hybridized carbons (Fsp3) is 0.0204. The third kappa shape index (κ3) is 10.9. The smallest absolute Gasteiger partial charge is 0.0462 e. The molecule has 0 atom stereocenters. The Morgan fingerprint density at radius 1 is 0.167 bits per heavy atom. The van der Waals surface area contributed by atoms with Crippen LogP contribution in [0.4, 0.5) is 34.1 Å². The first-order valence-corrected chi connectivity index (χ1v) is 36.8. The van der Waals surface area contributed by atoms with Crippen molar-refractivity contribution in [2.24, 2.45) is 0 Å². The Bertz CT molecular complexity index is 5890. The van der Waals surface area contributed by atoms with Crippen molar-refractivity contribution in [3.8, 4) is 66.8 Å². The number of thiophene rings is 2. The molecule has 0 radical (unpaired) electrons. The predicted octanol–water partition coefficient (Wildman–Crippen LogP) is 29.6. The Labute approximate surface area is 602 Å². The van der Waals surface area contributed by atoms with Crippen LogP contribution in [-0.2, 0) is 0 Å². The number of rotatable bonds is 12. The molecule has 0 spiro atoms. The van der Waals surface area contributed by atoms with Crippen molar-refractivity contribution in [2.75, 3.05) is 9.80 Å². The molecule has 0 amide bonds. The van der Waals surface area contributed by atoms with E-state index in [-0.39, 0.29) is 0 Å². The zero-order valence-corrected chi connectivity index (χ0v) is 58.1. The first-order valence-electron chi connectivity index (χ1n) is 35.2. The molecule has 2 heterocycles. The summed E-state index contributed by atoms with van der Waals surface area (Å²) in [4.78, 5) is 4.64. The zero-order chi connectivity index (χ0) is 68.0. The van der Waals surface area contributed by atoms with E-state index in [1.165, 1.54) is 150 Å². The van der Waals surface area contributed by atoms with Crippen LogP contribution in [-0.4, -0.2) is 0 Å². The summed E-state index contributed by atoms with van der Waals surface area (Å²) in [6.07, 6.45) is 0. The number of para-hydroxylation sites is 4. The van der Waals surface area contributed by atoms with Gasteiger partial charge in [-0.15, -0.1) is 22.7 Å². The van der Waals surface area contributed by atoms with Crippen LogP contribution in [0, 0.1) is 0 Å². The van der Waals surface area contributed by atoms with Crippen LogP contribution in [0.5, 0.6) is 0 Å². The van der Waals surface area contributed by atoms with Gasteiger partial charge >= 0.3 is 0 Å². The quantitative estimate of drug-likeness (QED) is 0.113. The van der Waals surface area contributed by atoms with Gasteiger partial charge in [0.15, 0.2) is 0 Å². The topological polar surface area (TPSA) is 6.48 Å². The second-order valence-electron chi connectivity index (χ2n) is 25.8. The van der Waals surface area contributed by atoms with E-state index in [0.29, 0.717) is 0 Å². The minimum atomic E-state index is 1.13. The van der Waals surface area contributed by atoms with Gasteiger partial charge < -0.3 is 9.80 Å². The van der Waals surface area contributed by atoms with E-state index in [4.69, 9.17) is 0 Å². The first kappa shape index (κ1) is 61.9. The Morgan fingerprint density at radius 2 is 0.392 bits per heavy atom. The predicted molar refractivity (Wildman–Crippen MR) is 444 cm³/mol.